The lowest BCUT2D eigenvalue weighted by molar-refractivity contribution is 1.45. The number of fused-ring (bicyclic) bond motifs is 21. The fourth-order valence-electron chi connectivity index (χ4n) is 18.8. The van der Waals surface area contributed by atoms with Gasteiger partial charge in [-0.2, -0.15) is 0 Å². The van der Waals surface area contributed by atoms with Crippen LogP contribution < -0.4 is 0 Å². The Morgan fingerprint density at radius 1 is 0.143 bits per heavy atom. The minimum Gasteiger partial charge on any atom is -0.245 e. The molecule has 0 N–H and O–H groups in total. The summed E-state index contributed by atoms with van der Waals surface area (Å²) in [5, 5.41) is 18.2. The van der Waals surface area contributed by atoms with Crippen LogP contribution in [0.3, 0.4) is 0 Å². The van der Waals surface area contributed by atoms with Gasteiger partial charge in [-0.15, -0.1) is 79.4 Å². The molecule has 12 heterocycles. The molecule has 0 saturated carbocycles. The van der Waals surface area contributed by atoms with Crippen LogP contribution in [0.1, 0.15) is 38.9 Å². The minimum absolute atomic E-state index is 1.11. The molecule has 0 aliphatic heterocycles. The largest absolute Gasteiger partial charge is 0.245 e. The predicted molar refractivity (Wildman–Crippen MR) is 616 cm³/mol. The Morgan fingerprint density at radius 2 is 0.400 bits per heavy atom. The second-order valence-corrected chi connectivity index (χ2v) is 42.5. The van der Waals surface area contributed by atoms with E-state index in [4.69, 9.17) is 0 Å². The van der Waals surface area contributed by atoms with E-state index in [1.54, 1.807) is 56.7 Å². The maximum atomic E-state index is 4.49. The number of hydrogen-bond acceptors (Lipinski definition) is 12. The van der Waals surface area contributed by atoms with E-state index in [9.17, 15) is 0 Å². The molecular weight excluding hydrogens is 1830 g/mol. The summed E-state index contributed by atoms with van der Waals surface area (Å²) in [4.78, 5) is 28.0. The maximum Gasteiger partial charge on any atom is 0.124 e. The van der Waals surface area contributed by atoms with Gasteiger partial charge in [-0.1, -0.05) is 307 Å². The lowest BCUT2D eigenvalue weighted by Gasteiger charge is -2.06. The molecule has 0 radical (unpaired) electrons. The minimum atomic E-state index is 1.11. The number of pyridine rings is 5. The van der Waals surface area contributed by atoms with Crippen molar-refractivity contribution >= 4 is 221 Å². The SMILES string of the molecule is Cc1ccc(-c2cccc3c2sc2ncccc23)cc1.Cc1cccc(-c2ccc3sc4ccccc4c3c2)c1.Cc1cccc(-c2ccc3sc4ncccc4c3c2)c1.Cc1cccc(-c2cccc3c2sc2ncccc23)c1.Cc1ccccc1-c1ccc2sc3ccccc3c2c1.Cc1ccccc1-c1ccc2sc3ncccc3c2c1.Cc1ccccc1-c1cccc2c1sc1ncccc12. The molecule has 0 unspecified atom stereocenters. The first kappa shape index (κ1) is 90.0. The van der Waals surface area contributed by atoms with E-state index in [1.165, 1.54) is 235 Å². The van der Waals surface area contributed by atoms with Crippen molar-refractivity contribution in [3.05, 3.63) is 476 Å². The molecule has 28 aromatic rings. The quantitative estimate of drug-likeness (QED) is 0.159. The summed E-state index contributed by atoms with van der Waals surface area (Å²) in [5.74, 6) is 0. The van der Waals surface area contributed by atoms with Gasteiger partial charge in [0, 0.05) is 149 Å². The number of rotatable bonds is 7. The zero-order valence-corrected chi connectivity index (χ0v) is 83.9. The van der Waals surface area contributed by atoms with Crippen molar-refractivity contribution in [3.8, 4) is 77.9 Å². The zero-order valence-electron chi connectivity index (χ0n) is 78.2. The molecule has 12 heteroatoms. The highest BCUT2D eigenvalue weighted by atomic mass is 32.1. The molecule has 0 fully saturated rings. The van der Waals surface area contributed by atoms with Gasteiger partial charge in [0.1, 0.15) is 24.2 Å². The Labute approximate surface area is 841 Å². The van der Waals surface area contributed by atoms with Crippen LogP contribution in [0.5, 0.6) is 0 Å². The van der Waals surface area contributed by atoms with Gasteiger partial charge in [-0.25, -0.2) is 24.9 Å². The molecule has 0 atom stereocenters. The van der Waals surface area contributed by atoms with Crippen LogP contribution >= 0.6 is 79.4 Å². The monoisotopic (exact) mass is 1920 g/mol. The number of benzene rings is 16. The third-order valence-electron chi connectivity index (χ3n) is 25.8. The molecular formula is C128H93N5S7. The smallest absolute Gasteiger partial charge is 0.124 e. The molecule has 16 aromatic carbocycles. The second-order valence-electron chi connectivity index (χ2n) is 35.3. The van der Waals surface area contributed by atoms with Crippen molar-refractivity contribution in [2.75, 3.05) is 0 Å². The highest BCUT2D eigenvalue weighted by Crippen LogP contribution is 2.46. The first-order valence-electron chi connectivity index (χ1n) is 46.9. The molecule has 5 nitrogen and oxygen atoms in total. The van der Waals surface area contributed by atoms with Crippen molar-refractivity contribution in [2.45, 2.75) is 48.5 Å². The van der Waals surface area contributed by atoms with Gasteiger partial charge in [-0.3, -0.25) is 0 Å². The van der Waals surface area contributed by atoms with Gasteiger partial charge in [0.05, 0.1) is 0 Å². The van der Waals surface area contributed by atoms with E-state index in [0.717, 1.165) is 24.2 Å². The fourth-order valence-corrected chi connectivity index (χ4v) is 26.5. The summed E-state index contributed by atoms with van der Waals surface area (Å²) < 4.78 is 12.0. The van der Waals surface area contributed by atoms with Crippen LogP contribution in [0.25, 0.3) is 220 Å². The molecule has 140 heavy (non-hydrogen) atoms. The van der Waals surface area contributed by atoms with Crippen molar-refractivity contribution in [3.63, 3.8) is 0 Å². The summed E-state index contributed by atoms with van der Waals surface area (Å²) >= 11 is 12.6. The third-order valence-corrected chi connectivity index (χ3v) is 33.8. The Balaban J connectivity index is 0.0000000939. The van der Waals surface area contributed by atoms with E-state index in [1.807, 2.05) is 84.0 Å². The van der Waals surface area contributed by atoms with E-state index in [2.05, 4.69) is 450 Å². The van der Waals surface area contributed by atoms with E-state index in [0.29, 0.717) is 0 Å². The van der Waals surface area contributed by atoms with Crippen LogP contribution in [0.4, 0.5) is 0 Å². The highest BCUT2D eigenvalue weighted by molar-refractivity contribution is 7.28. The Kier molecular flexibility index (Phi) is 25.8. The highest BCUT2D eigenvalue weighted by Gasteiger charge is 2.18. The molecule has 12 aromatic heterocycles. The van der Waals surface area contributed by atoms with E-state index < -0.39 is 0 Å². The number of aromatic nitrogens is 5. The fraction of sp³-hybridized carbons (Fsp3) is 0.0547. The molecule has 0 saturated heterocycles. The molecule has 0 spiro atoms. The van der Waals surface area contributed by atoms with Crippen LogP contribution in [-0.4, -0.2) is 24.9 Å². The molecule has 0 amide bonds. The molecule has 28 rings (SSSR count). The van der Waals surface area contributed by atoms with E-state index in [-0.39, 0.29) is 0 Å². The second kappa shape index (κ2) is 40.1. The summed E-state index contributed by atoms with van der Waals surface area (Å²) in [6, 6.07) is 145. The maximum absolute atomic E-state index is 4.49. The lowest BCUT2D eigenvalue weighted by Crippen LogP contribution is -1.82. The topological polar surface area (TPSA) is 64.5 Å². The van der Waals surface area contributed by atoms with Crippen LogP contribution in [-0.2, 0) is 0 Å². The number of aryl methyl sites for hydroxylation is 7. The van der Waals surface area contributed by atoms with Gasteiger partial charge in [0.25, 0.3) is 0 Å². The van der Waals surface area contributed by atoms with Crippen LogP contribution in [0.2, 0.25) is 0 Å². The van der Waals surface area contributed by atoms with Crippen molar-refractivity contribution < 1.29 is 0 Å². The van der Waals surface area contributed by atoms with E-state index >= 15 is 0 Å². The van der Waals surface area contributed by atoms with Crippen molar-refractivity contribution in [1.82, 2.24) is 24.9 Å². The summed E-state index contributed by atoms with van der Waals surface area (Å²) in [5.41, 5.74) is 27.2. The molecule has 0 aliphatic rings. The van der Waals surface area contributed by atoms with Crippen molar-refractivity contribution in [1.29, 1.82) is 0 Å². The standard InChI is InChI=1S/2C19H14S.5C18H13NS/c1-13-5-4-6-14(11-13)15-9-10-19-17(12-15)16-7-2-3-8-18(16)20-19;1-13-6-2-3-7-15(13)14-10-11-19-17(12-14)16-8-4-5-9-18(16)20-19;1-12-5-2-6-13(11-12)14-7-3-8-15-16-9-4-10-19-18(16)20-17(14)15;1-12-7-9-13(10-8-12)14-4-2-5-15-16-6-3-11-19-18(16)20-17(14)15;1-12-4-2-5-13(10-12)14-7-8-17-16(11-14)15-6-3-9-19-18(15)20-17;1-12-6-2-3-7-13(12)14-8-4-9-15-16-10-5-11-19-18(16)20-17(14)15;1-12-5-2-3-6-14(12)13-8-9-17-16(11-13)15-7-4-10-19-18(15)20-17/h2*2-12H,1H3;5*2-11H,1H3. The molecule has 0 bridgehead atoms. The Morgan fingerprint density at radius 3 is 0.807 bits per heavy atom. The summed E-state index contributed by atoms with van der Waals surface area (Å²) in [6.07, 6.45) is 9.32. The Hall–Kier alpha value is -15.2. The average molecular weight is 1930 g/mol. The predicted octanol–water partition coefficient (Wildman–Crippen LogP) is 39.2. The molecule has 0 aliphatic carbocycles. The normalized spacial score (nSPS) is 11.2. The lowest BCUT2D eigenvalue weighted by atomic mass is 9.99. The van der Waals surface area contributed by atoms with Gasteiger partial charge >= 0.3 is 0 Å². The number of nitrogens with zero attached hydrogens (tertiary/aromatic N) is 5. The van der Waals surface area contributed by atoms with Gasteiger partial charge < -0.3 is 0 Å². The zero-order chi connectivity index (χ0) is 94.7. The summed E-state index contributed by atoms with van der Waals surface area (Å²) in [6.45, 7) is 15.0. The average Bonchev–Trinajstić information content (AvgIpc) is 1.61. The van der Waals surface area contributed by atoms with Crippen LogP contribution in [0, 0.1) is 48.5 Å². The molecule has 672 valence electrons. The number of hydrogen-bond donors (Lipinski definition) is 0. The van der Waals surface area contributed by atoms with Gasteiger partial charge in [0.2, 0.25) is 0 Å². The first-order valence-corrected chi connectivity index (χ1v) is 52.6. The van der Waals surface area contributed by atoms with Gasteiger partial charge in [-0.05, 0) is 264 Å². The summed E-state index contributed by atoms with van der Waals surface area (Å²) in [7, 11) is 0. The number of thiophene rings is 7. The van der Waals surface area contributed by atoms with Crippen molar-refractivity contribution in [2.24, 2.45) is 0 Å². The Bertz CT molecular complexity index is 9130. The van der Waals surface area contributed by atoms with Gasteiger partial charge in [0.15, 0.2) is 0 Å². The first-order chi connectivity index (χ1) is 68.8. The third kappa shape index (κ3) is 18.6. The van der Waals surface area contributed by atoms with Crippen LogP contribution in [0.15, 0.2) is 437 Å².